The highest BCUT2D eigenvalue weighted by Crippen LogP contribution is 2.21. The molecule has 0 bridgehead atoms. The van der Waals surface area contributed by atoms with E-state index in [2.05, 4.69) is 4.90 Å². The van der Waals surface area contributed by atoms with Gasteiger partial charge in [0.2, 0.25) is 11.8 Å². The average molecular weight is 349 g/mol. The SMILES string of the molecule is CC(C(=O)N(C)Cc1cccc(F)c1)N1CCC(C(=O)N(C)C)CC1. The number of carbonyl (C=O) groups excluding carboxylic acids is 2. The van der Waals surface area contributed by atoms with E-state index in [0.717, 1.165) is 31.5 Å². The fourth-order valence-corrected chi connectivity index (χ4v) is 3.36. The van der Waals surface area contributed by atoms with Gasteiger partial charge in [0.15, 0.2) is 0 Å². The molecule has 1 aliphatic heterocycles. The first kappa shape index (κ1) is 19.4. The highest BCUT2D eigenvalue weighted by molar-refractivity contribution is 5.81. The second-order valence-electron chi connectivity index (χ2n) is 7.04. The molecular formula is C19H28FN3O2. The van der Waals surface area contributed by atoms with E-state index in [1.165, 1.54) is 12.1 Å². The Labute approximate surface area is 149 Å². The van der Waals surface area contributed by atoms with E-state index in [1.807, 2.05) is 13.0 Å². The monoisotopic (exact) mass is 349 g/mol. The van der Waals surface area contributed by atoms with Crippen molar-refractivity contribution < 1.29 is 14.0 Å². The van der Waals surface area contributed by atoms with Crippen molar-refractivity contribution in [3.8, 4) is 0 Å². The fourth-order valence-electron chi connectivity index (χ4n) is 3.36. The number of rotatable bonds is 5. The molecule has 1 aliphatic rings. The van der Waals surface area contributed by atoms with Gasteiger partial charge in [0.25, 0.3) is 0 Å². The summed E-state index contributed by atoms with van der Waals surface area (Å²) in [6, 6.07) is 6.07. The summed E-state index contributed by atoms with van der Waals surface area (Å²) in [5.74, 6) is -0.0545. The van der Waals surface area contributed by atoms with Crippen molar-refractivity contribution in [1.29, 1.82) is 0 Å². The molecule has 0 radical (unpaired) electrons. The Morgan fingerprint density at radius 3 is 2.44 bits per heavy atom. The van der Waals surface area contributed by atoms with Crippen molar-refractivity contribution in [2.75, 3.05) is 34.2 Å². The van der Waals surface area contributed by atoms with Gasteiger partial charge in [-0.2, -0.15) is 0 Å². The molecule has 2 amide bonds. The van der Waals surface area contributed by atoms with Gasteiger partial charge in [-0.25, -0.2) is 4.39 Å². The number of hydrogen-bond acceptors (Lipinski definition) is 3. The molecule has 25 heavy (non-hydrogen) atoms. The lowest BCUT2D eigenvalue weighted by Gasteiger charge is -2.36. The maximum Gasteiger partial charge on any atom is 0.239 e. The van der Waals surface area contributed by atoms with E-state index in [4.69, 9.17) is 0 Å². The summed E-state index contributed by atoms with van der Waals surface area (Å²) in [5.41, 5.74) is 0.776. The van der Waals surface area contributed by atoms with Gasteiger partial charge in [0.1, 0.15) is 5.82 Å². The maximum absolute atomic E-state index is 13.3. The zero-order chi connectivity index (χ0) is 18.6. The predicted molar refractivity (Wildman–Crippen MR) is 95.3 cm³/mol. The lowest BCUT2D eigenvalue weighted by atomic mass is 9.94. The van der Waals surface area contributed by atoms with Crippen LogP contribution in [0.25, 0.3) is 0 Å². The highest BCUT2D eigenvalue weighted by atomic mass is 19.1. The van der Waals surface area contributed by atoms with Crippen LogP contribution in [0.15, 0.2) is 24.3 Å². The molecule has 1 unspecified atom stereocenters. The molecule has 5 nitrogen and oxygen atoms in total. The number of likely N-dealkylation sites (tertiary alicyclic amines) is 1. The maximum atomic E-state index is 13.3. The van der Waals surface area contributed by atoms with Crippen LogP contribution in [-0.2, 0) is 16.1 Å². The Morgan fingerprint density at radius 2 is 1.88 bits per heavy atom. The van der Waals surface area contributed by atoms with Gasteiger partial charge in [0.05, 0.1) is 6.04 Å². The Hall–Kier alpha value is -1.95. The summed E-state index contributed by atoms with van der Waals surface area (Å²) in [6.07, 6.45) is 1.56. The van der Waals surface area contributed by atoms with E-state index < -0.39 is 0 Å². The molecule has 0 N–H and O–H groups in total. The largest absolute Gasteiger partial charge is 0.349 e. The predicted octanol–water partition coefficient (Wildman–Crippen LogP) is 1.97. The second kappa shape index (κ2) is 8.43. The number of nitrogens with zero attached hydrogens (tertiary/aromatic N) is 3. The van der Waals surface area contributed by atoms with Crippen LogP contribution in [0.2, 0.25) is 0 Å². The van der Waals surface area contributed by atoms with Crippen LogP contribution in [-0.4, -0.2) is 66.8 Å². The van der Waals surface area contributed by atoms with Gasteiger partial charge in [-0.3, -0.25) is 14.5 Å². The summed E-state index contributed by atoms with van der Waals surface area (Å²) < 4.78 is 13.3. The molecule has 1 atom stereocenters. The average Bonchev–Trinajstić information content (AvgIpc) is 2.59. The van der Waals surface area contributed by atoms with Gasteiger partial charge in [0, 0.05) is 33.6 Å². The summed E-state index contributed by atoms with van der Waals surface area (Å²) in [5, 5.41) is 0. The highest BCUT2D eigenvalue weighted by Gasteiger charge is 2.31. The van der Waals surface area contributed by atoms with Crippen LogP contribution in [0, 0.1) is 11.7 Å². The van der Waals surface area contributed by atoms with E-state index in [9.17, 15) is 14.0 Å². The van der Waals surface area contributed by atoms with E-state index >= 15 is 0 Å². The molecule has 1 fully saturated rings. The molecule has 6 heteroatoms. The zero-order valence-electron chi connectivity index (χ0n) is 15.5. The number of halogens is 1. The van der Waals surface area contributed by atoms with Crippen LogP contribution in [0.3, 0.4) is 0 Å². The zero-order valence-corrected chi connectivity index (χ0v) is 15.5. The molecule has 138 valence electrons. The minimum Gasteiger partial charge on any atom is -0.349 e. The molecular weight excluding hydrogens is 321 g/mol. The molecule has 0 saturated carbocycles. The Balaban J connectivity index is 1.88. The molecule has 2 rings (SSSR count). The second-order valence-corrected chi connectivity index (χ2v) is 7.04. The van der Waals surface area contributed by atoms with Gasteiger partial charge < -0.3 is 9.80 Å². The van der Waals surface area contributed by atoms with Gasteiger partial charge in [-0.05, 0) is 50.6 Å². The third-order valence-corrected chi connectivity index (χ3v) is 4.91. The van der Waals surface area contributed by atoms with Crippen molar-refractivity contribution in [3.63, 3.8) is 0 Å². The summed E-state index contributed by atoms with van der Waals surface area (Å²) >= 11 is 0. The Morgan fingerprint density at radius 1 is 1.24 bits per heavy atom. The summed E-state index contributed by atoms with van der Waals surface area (Å²) in [7, 11) is 5.30. The van der Waals surface area contributed by atoms with Crippen LogP contribution in [0.5, 0.6) is 0 Å². The van der Waals surface area contributed by atoms with Gasteiger partial charge in [-0.1, -0.05) is 12.1 Å². The summed E-state index contributed by atoms with van der Waals surface area (Å²) in [6.45, 7) is 3.77. The van der Waals surface area contributed by atoms with Crippen molar-refractivity contribution in [1.82, 2.24) is 14.7 Å². The van der Waals surface area contributed by atoms with Crippen molar-refractivity contribution in [2.45, 2.75) is 32.4 Å². The minimum atomic E-state index is -0.293. The molecule has 1 aromatic carbocycles. The smallest absolute Gasteiger partial charge is 0.239 e. The van der Waals surface area contributed by atoms with E-state index in [1.54, 1.807) is 37.0 Å². The number of amides is 2. The van der Waals surface area contributed by atoms with Crippen LogP contribution in [0.1, 0.15) is 25.3 Å². The minimum absolute atomic E-state index is 0.0154. The van der Waals surface area contributed by atoms with E-state index in [-0.39, 0.29) is 29.6 Å². The molecule has 0 spiro atoms. The molecule has 1 heterocycles. The quantitative estimate of drug-likeness (QED) is 0.816. The number of likely N-dealkylation sites (N-methyl/N-ethyl adjacent to an activating group) is 1. The third kappa shape index (κ3) is 5.01. The molecule has 0 aromatic heterocycles. The lowest BCUT2D eigenvalue weighted by Crippen LogP contribution is -2.49. The first-order chi connectivity index (χ1) is 11.8. The van der Waals surface area contributed by atoms with Crippen molar-refractivity contribution in [3.05, 3.63) is 35.6 Å². The Bertz CT molecular complexity index is 612. The number of piperidine rings is 1. The van der Waals surface area contributed by atoms with Gasteiger partial charge >= 0.3 is 0 Å². The van der Waals surface area contributed by atoms with Crippen LogP contribution >= 0.6 is 0 Å². The third-order valence-electron chi connectivity index (χ3n) is 4.91. The summed E-state index contributed by atoms with van der Waals surface area (Å²) in [4.78, 5) is 30.1. The molecule has 1 saturated heterocycles. The number of hydrogen-bond donors (Lipinski definition) is 0. The first-order valence-corrected chi connectivity index (χ1v) is 8.74. The van der Waals surface area contributed by atoms with Crippen molar-refractivity contribution >= 4 is 11.8 Å². The van der Waals surface area contributed by atoms with Crippen molar-refractivity contribution in [2.24, 2.45) is 5.92 Å². The van der Waals surface area contributed by atoms with Crippen LogP contribution in [0.4, 0.5) is 4.39 Å². The van der Waals surface area contributed by atoms with E-state index in [0.29, 0.717) is 6.54 Å². The molecule has 0 aliphatic carbocycles. The number of carbonyl (C=O) groups is 2. The molecule has 1 aromatic rings. The first-order valence-electron chi connectivity index (χ1n) is 8.74. The standard InChI is InChI=1S/C19H28FN3O2/c1-14(23-10-8-16(9-11-23)19(25)21(2)3)18(24)22(4)13-15-6-5-7-17(20)12-15/h5-7,12,14,16H,8-11,13H2,1-4H3. The number of benzene rings is 1. The van der Waals surface area contributed by atoms with Crippen LogP contribution < -0.4 is 0 Å². The van der Waals surface area contributed by atoms with Gasteiger partial charge in [-0.15, -0.1) is 0 Å². The Kier molecular flexibility index (Phi) is 6.53. The fraction of sp³-hybridized carbons (Fsp3) is 0.579. The topological polar surface area (TPSA) is 43.9 Å². The normalized spacial score (nSPS) is 17.2. The lowest BCUT2D eigenvalue weighted by molar-refractivity contribution is -0.137.